The van der Waals surface area contributed by atoms with Gasteiger partial charge in [-0.25, -0.2) is 4.68 Å². The number of nitrogen functional groups attached to an aromatic ring is 1. The van der Waals surface area contributed by atoms with E-state index in [9.17, 15) is 13.2 Å². The van der Waals surface area contributed by atoms with Crippen molar-refractivity contribution in [2.75, 3.05) is 17.7 Å². The Kier molecular flexibility index (Phi) is 2.29. The molecule has 0 amide bonds. The Morgan fingerprint density at radius 2 is 2.05 bits per heavy atom. The van der Waals surface area contributed by atoms with Gasteiger partial charge in [-0.3, -0.25) is 0 Å². The van der Waals surface area contributed by atoms with Crippen molar-refractivity contribution in [2.24, 2.45) is 0 Å². The second kappa shape index (κ2) is 3.66. The van der Waals surface area contributed by atoms with Gasteiger partial charge in [-0.1, -0.05) is 6.07 Å². The van der Waals surface area contributed by atoms with Crippen LogP contribution in [0, 0.1) is 0 Å². The van der Waals surface area contributed by atoms with Crippen LogP contribution in [0.4, 0.5) is 24.5 Å². The van der Waals surface area contributed by atoms with Crippen molar-refractivity contribution < 1.29 is 13.2 Å². The quantitative estimate of drug-likeness (QED) is 0.746. The van der Waals surface area contributed by atoms with Gasteiger partial charge in [0.2, 0.25) is 0 Å². The molecule has 0 aliphatic carbocycles. The second-order valence-electron chi connectivity index (χ2n) is 4.50. The first-order valence-corrected chi connectivity index (χ1v) is 5.64. The van der Waals surface area contributed by atoms with Crippen LogP contribution in [0.5, 0.6) is 0 Å². The third kappa shape index (κ3) is 1.73. The fourth-order valence-corrected chi connectivity index (χ4v) is 2.34. The third-order valence-corrected chi connectivity index (χ3v) is 3.13. The molecule has 0 unspecified atom stereocenters. The Bertz CT molecular complexity index is 645. The van der Waals surface area contributed by atoms with Gasteiger partial charge in [0.05, 0.1) is 29.3 Å². The Labute approximate surface area is 107 Å². The van der Waals surface area contributed by atoms with Gasteiger partial charge in [0, 0.05) is 7.05 Å². The maximum atomic E-state index is 12.7. The standard InChI is InChI=1S/C12H11F3N4/c1-18-6-7-5-10(12(13,14)15)17-19(7)9-4-2-3-8(16)11(9)18/h2-5H,6,16H2,1H3. The van der Waals surface area contributed by atoms with Crippen molar-refractivity contribution in [1.29, 1.82) is 0 Å². The number of hydrogen-bond acceptors (Lipinski definition) is 3. The Balaban J connectivity index is 2.22. The number of benzene rings is 1. The van der Waals surface area contributed by atoms with Crippen LogP contribution in [0.1, 0.15) is 11.4 Å². The number of anilines is 2. The molecule has 1 aliphatic rings. The van der Waals surface area contributed by atoms with E-state index in [2.05, 4.69) is 5.10 Å². The zero-order chi connectivity index (χ0) is 13.8. The first-order chi connectivity index (χ1) is 8.88. The number of para-hydroxylation sites is 1. The third-order valence-electron chi connectivity index (χ3n) is 3.13. The monoisotopic (exact) mass is 268 g/mol. The summed E-state index contributed by atoms with van der Waals surface area (Å²) >= 11 is 0. The van der Waals surface area contributed by atoms with Crippen molar-refractivity contribution in [3.05, 3.63) is 35.7 Å². The predicted molar refractivity (Wildman–Crippen MR) is 65.1 cm³/mol. The summed E-state index contributed by atoms with van der Waals surface area (Å²) in [7, 11) is 1.79. The number of hydrogen-bond donors (Lipinski definition) is 1. The minimum absolute atomic E-state index is 0.338. The molecule has 3 rings (SSSR count). The number of fused-ring (bicyclic) bond motifs is 3. The van der Waals surface area contributed by atoms with Crippen molar-refractivity contribution in [2.45, 2.75) is 12.7 Å². The predicted octanol–water partition coefficient (Wildman–Crippen LogP) is 2.42. The van der Waals surface area contributed by atoms with Crippen LogP contribution in [0.15, 0.2) is 24.3 Å². The average Bonchev–Trinajstić information content (AvgIpc) is 2.72. The fraction of sp³-hybridized carbons (Fsp3) is 0.250. The van der Waals surface area contributed by atoms with Gasteiger partial charge in [0.15, 0.2) is 5.69 Å². The van der Waals surface area contributed by atoms with Gasteiger partial charge in [-0.2, -0.15) is 18.3 Å². The van der Waals surface area contributed by atoms with Crippen molar-refractivity contribution in [1.82, 2.24) is 9.78 Å². The fourth-order valence-electron chi connectivity index (χ4n) is 2.34. The maximum absolute atomic E-state index is 12.7. The van der Waals surface area contributed by atoms with E-state index >= 15 is 0 Å². The lowest BCUT2D eigenvalue weighted by atomic mass is 10.1. The highest BCUT2D eigenvalue weighted by molar-refractivity contribution is 5.78. The highest BCUT2D eigenvalue weighted by atomic mass is 19.4. The second-order valence-corrected chi connectivity index (χ2v) is 4.50. The number of aromatic nitrogens is 2. The Morgan fingerprint density at radius 3 is 2.74 bits per heavy atom. The van der Waals surface area contributed by atoms with E-state index in [1.165, 1.54) is 4.68 Å². The molecule has 1 aromatic heterocycles. The van der Waals surface area contributed by atoms with Gasteiger partial charge in [-0.05, 0) is 18.2 Å². The molecule has 0 spiro atoms. The smallest absolute Gasteiger partial charge is 0.397 e. The van der Waals surface area contributed by atoms with E-state index in [0.29, 0.717) is 29.3 Å². The summed E-state index contributed by atoms with van der Waals surface area (Å²) in [6.45, 7) is 0.338. The molecule has 2 N–H and O–H groups in total. The molecule has 19 heavy (non-hydrogen) atoms. The van der Waals surface area contributed by atoms with Crippen LogP contribution in [-0.2, 0) is 12.7 Å². The lowest BCUT2D eigenvalue weighted by Gasteiger charge is -2.29. The number of halogens is 3. The van der Waals surface area contributed by atoms with E-state index < -0.39 is 11.9 Å². The normalized spacial score (nSPS) is 14.2. The van der Waals surface area contributed by atoms with Crippen molar-refractivity contribution in [3.8, 4) is 5.69 Å². The zero-order valence-electron chi connectivity index (χ0n) is 10.1. The summed E-state index contributed by atoms with van der Waals surface area (Å²) in [5.74, 6) is 0. The molecule has 2 heterocycles. The summed E-state index contributed by atoms with van der Waals surface area (Å²) in [6, 6.07) is 6.20. The molecule has 1 aromatic carbocycles. The molecule has 0 saturated carbocycles. The highest BCUT2D eigenvalue weighted by Gasteiger charge is 2.36. The number of rotatable bonds is 0. The molecule has 0 saturated heterocycles. The van der Waals surface area contributed by atoms with E-state index in [0.717, 1.165) is 6.07 Å². The summed E-state index contributed by atoms with van der Waals surface area (Å²) < 4.78 is 39.5. The minimum atomic E-state index is -4.44. The topological polar surface area (TPSA) is 47.1 Å². The molecule has 1 aliphatic heterocycles. The number of nitrogens with zero attached hydrogens (tertiary/aromatic N) is 3. The maximum Gasteiger partial charge on any atom is 0.435 e. The van der Waals surface area contributed by atoms with Crippen molar-refractivity contribution >= 4 is 11.4 Å². The molecule has 100 valence electrons. The molecule has 0 fully saturated rings. The molecule has 0 atom stereocenters. The van der Waals surface area contributed by atoms with Crippen LogP contribution >= 0.6 is 0 Å². The number of nitrogens with two attached hydrogens (primary N) is 1. The van der Waals surface area contributed by atoms with Crippen LogP contribution in [0.2, 0.25) is 0 Å². The van der Waals surface area contributed by atoms with Crippen LogP contribution < -0.4 is 10.6 Å². The van der Waals surface area contributed by atoms with Gasteiger partial charge >= 0.3 is 6.18 Å². The Morgan fingerprint density at radius 1 is 1.32 bits per heavy atom. The van der Waals surface area contributed by atoms with Crippen LogP contribution in [0.3, 0.4) is 0 Å². The highest BCUT2D eigenvalue weighted by Crippen LogP contribution is 2.37. The molecule has 4 nitrogen and oxygen atoms in total. The lowest BCUT2D eigenvalue weighted by molar-refractivity contribution is -0.141. The SMILES string of the molecule is CN1Cc2cc(C(F)(F)F)nn2-c2cccc(N)c21. The van der Waals surface area contributed by atoms with Gasteiger partial charge < -0.3 is 10.6 Å². The van der Waals surface area contributed by atoms with Crippen molar-refractivity contribution in [3.63, 3.8) is 0 Å². The minimum Gasteiger partial charge on any atom is -0.397 e. The summed E-state index contributed by atoms with van der Waals surface area (Å²) in [5, 5.41) is 3.65. The van der Waals surface area contributed by atoms with Gasteiger partial charge in [-0.15, -0.1) is 0 Å². The first-order valence-electron chi connectivity index (χ1n) is 5.64. The first kappa shape index (κ1) is 11.9. The summed E-state index contributed by atoms with van der Waals surface area (Å²) in [5.41, 5.74) is 7.28. The molecular weight excluding hydrogens is 257 g/mol. The molecule has 0 radical (unpaired) electrons. The van der Waals surface area contributed by atoms with E-state index in [4.69, 9.17) is 5.73 Å². The molecule has 7 heteroatoms. The van der Waals surface area contributed by atoms with Crippen LogP contribution in [-0.4, -0.2) is 16.8 Å². The molecule has 2 aromatic rings. The van der Waals surface area contributed by atoms with E-state index in [-0.39, 0.29) is 0 Å². The molecular formula is C12H11F3N4. The summed E-state index contributed by atoms with van der Waals surface area (Å²) in [4.78, 5) is 1.82. The van der Waals surface area contributed by atoms with E-state index in [1.54, 1.807) is 25.2 Å². The largest absolute Gasteiger partial charge is 0.435 e. The van der Waals surface area contributed by atoms with Gasteiger partial charge in [0.1, 0.15) is 0 Å². The average molecular weight is 268 g/mol. The Hall–Kier alpha value is -2.18. The number of alkyl halides is 3. The lowest BCUT2D eigenvalue weighted by Crippen LogP contribution is -2.26. The zero-order valence-corrected chi connectivity index (χ0v) is 10.1. The summed E-state index contributed by atoms with van der Waals surface area (Å²) in [6.07, 6.45) is -4.44. The van der Waals surface area contributed by atoms with E-state index in [1.807, 2.05) is 4.90 Å². The molecule has 0 bridgehead atoms. The van der Waals surface area contributed by atoms with Crippen LogP contribution in [0.25, 0.3) is 5.69 Å². The van der Waals surface area contributed by atoms with Gasteiger partial charge in [0.25, 0.3) is 0 Å².